The van der Waals surface area contributed by atoms with Crippen LogP contribution in [0.15, 0.2) is 24.3 Å². The molecular formula is C21H35NO6. The van der Waals surface area contributed by atoms with E-state index in [0.29, 0.717) is 32.5 Å². The van der Waals surface area contributed by atoms with Crippen molar-refractivity contribution < 1.29 is 28.6 Å². The van der Waals surface area contributed by atoms with Gasteiger partial charge in [0.1, 0.15) is 5.60 Å². The molecule has 7 nitrogen and oxygen atoms in total. The number of amides is 1. The molecule has 0 heterocycles. The Labute approximate surface area is 168 Å². The van der Waals surface area contributed by atoms with Crippen molar-refractivity contribution in [1.82, 2.24) is 5.32 Å². The first kappa shape index (κ1) is 25.7. The predicted octanol–water partition coefficient (Wildman–Crippen LogP) is 4.07. The van der Waals surface area contributed by atoms with Gasteiger partial charge in [0.2, 0.25) is 0 Å². The van der Waals surface area contributed by atoms with E-state index in [-0.39, 0.29) is 18.0 Å². The summed E-state index contributed by atoms with van der Waals surface area (Å²) in [4.78, 5) is 34.6. The second kappa shape index (κ2) is 14.7. The van der Waals surface area contributed by atoms with Crippen molar-refractivity contribution in [2.45, 2.75) is 78.4 Å². The highest BCUT2D eigenvalue weighted by Crippen LogP contribution is 2.12. The van der Waals surface area contributed by atoms with Crippen LogP contribution in [-0.2, 0) is 23.8 Å². The zero-order valence-corrected chi connectivity index (χ0v) is 17.8. The molecule has 160 valence electrons. The zero-order chi connectivity index (χ0) is 21.4. The predicted molar refractivity (Wildman–Crippen MR) is 108 cm³/mol. The van der Waals surface area contributed by atoms with Crippen LogP contribution in [0, 0.1) is 0 Å². The van der Waals surface area contributed by atoms with Gasteiger partial charge in [-0.2, -0.15) is 0 Å². The summed E-state index contributed by atoms with van der Waals surface area (Å²) in [6, 6.07) is -0.0994. The Hall–Kier alpha value is -2.31. The normalized spacial score (nSPS) is 12.8. The van der Waals surface area contributed by atoms with Gasteiger partial charge in [0, 0.05) is 18.2 Å². The van der Waals surface area contributed by atoms with Gasteiger partial charge < -0.3 is 19.5 Å². The molecule has 28 heavy (non-hydrogen) atoms. The largest absolute Gasteiger partial charge is 0.463 e. The molecule has 1 amide bonds. The van der Waals surface area contributed by atoms with E-state index in [2.05, 4.69) is 5.32 Å². The molecule has 0 rings (SSSR count). The maximum atomic E-state index is 12.0. The van der Waals surface area contributed by atoms with Crippen LogP contribution in [0.3, 0.4) is 0 Å². The number of esters is 2. The Morgan fingerprint density at radius 1 is 0.893 bits per heavy atom. The van der Waals surface area contributed by atoms with Gasteiger partial charge in [-0.25, -0.2) is 14.4 Å². The number of alkyl carbamates (subject to hydrolysis) is 1. The maximum Gasteiger partial charge on any atom is 0.407 e. The number of nitrogens with one attached hydrogen (secondary N) is 1. The van der Waals surface area contributed by atoms with Gasteiger partial charge in [0.15, 0.2) is 0 Å². The topological polar surface area (TPSA) is 90.9 Å². The fraction of sp³-hybridized carbons (Fsp3) is 0.667. The monoisotopic (exact) mass is 397 g/mol. The molecule has 0 saturated heterocycles. The van der Waals surface area contributed by atoms with E-state index in [4.69, 9.17) is 14.2 Å². The number of ether oxygens (including phenoxy) is 3. The van der Waals surface area contributed by atoms with Crippen molar-refractivity contribution >= 4 is 18.0 Å². The molecular weight excluding hydrogens is 362 g/mol. The van der Waals surface area contributed by atoms with E-state index in [1.165, 1.54) is 12.2 Å². The first-order chi connectivity index (χ1) is 13.2. The lowest BCUT2D eigenvalue weighted by molar-refractivity contribution is -0.138. The molecule has 0 radical (unpaired) electrons. The van der Waals surface area contributed by atoms with Gasteiger partial charge in [-0.3, -0.25) is 0 Å². The Kier molecular flexibility index (Phi) is 13.5. The number of unbranched alkanes of at least 4 members (excludes halogenated alkanes) is 1. The number of hydrogen-bond donors (Lipinski definition) is 1. The van der Waals surface area contributed by atoms with E-state index in [0.717, 1.165) is 12.8 Å². The van der Waals surface area contributed by atoms with Crippen molar-refractivity contribution in [1.29, 1.82) is 0 Å². The Morgan fingerprint density at radius 3 is 1.93 bits per heavy atom. The summed E-state index contributed by atoms with van der Waals surface area (Å²) in [6.07, 6.45) is 9.36. The van der Waals surface area contributed by atoms with Crippen LogP contribution in [0.1, 0.15) is 66.7 Å². The molecule has 0 saturated carbocycles. The number of allylic oxidation sites excluding steroid dienone is 2. The smallest absolute Gasteiger partial charge is 0.407 e. The van der Waals surface area contributed by atoms with Gasteiger partial charge in [0.25, 0.3) is 0 Å². The van der Waals surface area contributed by atoms with Crippen LogP contribution in [0.4, 0.5) is 4.79 Å². The first-order valence-electron chi connectivity index (χ1n) is 9.84. The van der Waals surface area contributed by atoms with Crippen molar-refractivity contribution in [2.75, 3.05) is 13.2 Å². The summed E-state index contributed by atoms with van der Waals surface area (Å²) >= 11 is 0. The van der Waals surface area contributed by atoms with E-state index >= 15 is 0 Å². The zero-order valence-electron chi connectivity index (χ0n) is 17.8. The fourth-order valence-corrected chi connectivity index (χ4v) is 2.28. The molecule has 0 spiro atoms. The van der Waals surface area contributed by atoms with Gasteiger partial charge in [-0.1, -0.05) is 12.2 Å². The highest BCUT2D eigenvalue weighted by Gasteiger charge is 2.19. The molecule has 1 N–H and O–H groups in total. The maximum absolute atomic E-state index is 12.0. The van der Waals surface area contributed by atoms with Crippen LogP contribution in [0.25, 0.3) is 0 Å². The Bertz CT molecular complexity index is 534. The lowest BCUT2D eigenvalue weighted by Gasteiger charge is -2.23. The van der Waals surface area contributed by atoms with E-state index in [9.17, 15) is 14.4 Å². The van der Waals surface area contributed by atoms with E-state index in [1.54, 1.807) is 26.0 Å². The van der Waals surface area contributed by atoms with Crippen LogP contribution < -0.4 is 5.32 Å². The van der Waals surface area contributed by atoms with E-state index < -0.39 is 11.7 Å². The molecule has 0 aliphatic carbocycles. The number of hydrogen-bond acceptors (Lipinski definition) is 6. The molecule has 0 aliphatic heterocycles. The molecule has 0 aromatic carbocycles. The molecule has 0 fully saturated rings. The Morgan fingerprint density at radius 2 is 1.43 bits per heavy atom. The Balaban J connectivity index is 4.52. The third-order valence-corrected chi connectivity index (χ3v) is 3.41. The van der Waals surface area contributed by atoms with Crippen LogP contribution in [0.5, 0.6) is 0 Å². The van der Waals surface area contributed by atoms with E-state index in [1.807, 2.05) is 20.8 Å². The average molecular weight is 398 g/mol. The van der Waals surface area contributed by atoms with Crippen LogP contribution >= 0.6 is 0 Å². The fourth-order valence-electron chi connectivity index (χ4n) is 2.28. The summed E-state index contributed by atoms with van der Waals surface area (Å²) in [5.74, 6) is -0.724. The summed E-state index contributed by atoms with van der Waals surface area (Å²) < 4.78 is 15.0. The van der Waals surface area contributed by atoms with Crippen LogP contribution in [-0.4, -0.2) is 42.9 Å². The highest BCUT2D eigenvalue weighted by atomic mass is 16.6. The third kappa shape index (κ3) is 15.9. The third-order valence-electron chi connectivity index (χ3n) is 3.41. The summed E-state index contributed by atoms with van der Waals surface area (Å²) in [5.41, 5.74) is -0.569. The molecule has 1 unspecified atom stereocenters. The minimum absolute atomic E-state index is 0.0994. The second-order valence-electron chi connectivity index (χ2n) is 7.16. The first-order valence-corrected chi connectivity index (χ1v) is 9.84. The van der Waals surface area contributed by atoms with Crippen molar-refractivity contribution in [3.8, 4) is 0 Å². The standard InChI is InChI=1S/C21H35NO6/c1-6-26-18(23)15-10-8-9-13-17(22-20(25)28-21(3,4)5)14-11-12-16-19(24)27-7-2/h10,12,15-17H,6-9,11,13-14H2,1-5H3,(H,22,25)/b15-10+,16-12+. The molecule has 0 aromatic rings. The molecule has 1 atom stereocenters. The minimum atomic E-state index is -0.569. The molecule has 0 aromatic heterocycles. The molecule has 7 heteroatoms. The number of carbonyl (C=O) groups is 3. The molecule has 0 bridgehead atoms. The molecule has 0 aliphatic rings. The summed E-state index contributed by atoms with van der Waals surface area (Å²) in [7, 11) is 0. The lowest BCUT2D eigenvalue weighted by atomic mass is 10.0. The van der Waals surface area contributed by atoms with Gasteiger partial charge in [-0.05, 0) is 66.7 Å². The van der Waals surface area contributed by atoms with Gasteiger partial charge >= 0.3 is 18.0 Å². The van der Waals surface area contributed by atoms with Crippen molar-refractivity contribution in [3.63, 3.8) is 0 Å². The number of rotatable bonds is 12. The summed E-state index contributed by atoms with van der Waals surface area (Å²) in [5, 5.41) is 2.88. The SMILES string of the molecule is CCOC(=O)/C=C/CCCC(CC/C=C/C(=O)OCC)NC(=O)OC(C)(C)C. The van der Waals surface area contributed by atoms with Gasteiger partial charge in [-0.15, -0.1) is 0 Å². The van der Waals surface area contributed by atoms with Crippen molar-refractivity contribution in [3.05, 3.63) is 24.3 Å². The van der Waals surface area contributed by atoms with Crippen LogP contribution in [0.2, 0.25) is 0 Å². The quantitative estimate of drug-likeness (QED) is 0.231. The summed E-state index contributed by atoms with van der Waals surface area (Å²) in [6.45, 7) is 9.63. The average Bonchev–Trinajstić information content (AvgIpc) is 2.56. The van der Waals surface area contributed by atoms with Crippen molar-refractivity contribution in [2.24, 2.45) is 0 Å². The van der Waals surface area contributed by atoms with Gasteiger partial charge in [0.05, 0.1) is 13.2 Å². The lowest BCUT2D eigenvalue weighted by Crippen LogP contribution is -2.39. The second-order valence-corrected chi connectivity index (χ2v) is 7.16. The highest BCUT2D eigenvalue weighted by molar-refractivity contribution is 5.82. The number of carbonyl (C=O) groups excluding carboxylic acids is 3. The minimum Gasteiger partial charge on any atom is -0.463 e.